The minimum absolute atomic E-state index is 0.226. The molecule has 0 aliphatic carbocycles. The topological polar surface area (TPSA) is 53.2 Å². The Bertz CT molecular complexity index is 1160. The number of rotatable bonds is 3. The fourth-order valence-corrected chi connectivity index (χ4v) is 2.73. The van der Waals surface area contributed by atoms with Crippen LogP contribution in [0.25, 0.3) is 12.2 Å². The Hall–Kier alpha value is -3.34. The van der Waals surface area contributed by atoms with Crippen LogP contribution in [0.4, 0.5) is 0 Å². The lowest BCUT2D eigenvalue weighted by atomic mass is 10.2. The predicted molar refractivity (Wildman–Crippen MR) is 103 cm³/mol. The minimum Gasteiger partial charge on any atom is -0.497 e. The van der Waals surface area contributed by atoms with E-state index in [1.54, 1.807) is 33.4 Å². The van der Waals surface area contributed by atoms with Crippen LogP contribution in [-0.2, 0) is 14.1 Å². The van der Waals surface area contributed by atoms with Gasteiger partial charge in [0.15, 0.2) is 0 Å². The smallest absolute Gasteiger partial charge is 0.274 e. The van der Waals surface area contributed by atoms with Gasteiger partial charge in [0.1, 0.15) is 16.4 Å². The lowest BCUT2D eigenvalue weighted by Crippen LogP contribution is -2.56. The van der Waals surface area contributed by atoms with Crippen molar-refractivity contribution < 1.29 is 4.74 Å². The summed E-state index contributed by atoms with van der Waals surface area (Å²) in [5.41, 5.74) is 1.23. The Morgan fingerprint density at radius 1 is 0.731 bits per heavy atom. The zero-order valence-corrected chi connectivity index (χ0v) is 15.0. The molecule has 0 saturated heterocycles. The van der Waals surface area contributed by atoms with E-state index in [1.807, 2.05) is 54.6 Å². The summed E-state index contributed by atoms with van der Waals surface area (Å²) in [7, 11) is 4.82. The van der Waals surface area contributed by atoms with Crippen LogP contribution < -0.4 is 26.6 Å². The molecule has 0 aliphatic rings. The molecule has 0 saturated carbocycles. The second kappa shape index (κ2) is 7.27. The molecular weight excluding hydrogens is 328 g/mol. The summed E-state index contributed by atoms with van der Waals surface area (Å²) < 4.78 is 7.92. The first-order chi connectivity index (χ1) is 12.5. The van der Waals surface area contributed by atoms with E-state index in [-0.39, 0.29) is 11.1 Å². The first-order valence-electron chi connectivity index (χ1n) is 8.20. The highest BCUT2D eigenvalue weighted by molar-refractivity contribution is 5.50. The molecule has 0 amide bonds. The molecule has 0 bridgehead atoms. The first-order valence-corrected chi connectivity index (χ1v) is 8.20. The molecule has 26 heavy (non-hydrogen) atoms. The van der Waals surface area contributed by atoms with Gasteiger partial charge in [0.25, 0.3) is 11.1 Å². The zero-order valence-electron chi connectivity index (χ0n) is 15.0. The van der Waals surface area contributed by atoms with Gasteiger partial charge in [-0.15, -0.1) is 0 Å². The standard InChI is InChI=1S/C21H20N2O3/c1-22-18(13-15-7-5-4-6-8-15)20(24)23(2)19(21(22)25)14-16-9-11-17(26-3)12-10-16/h4-14H,1-3H3/b18-13-,19-14-. The summed E-state index contributed by atoms with van der Waals surface area (Å²) in [5.74, 6) is 0.733. The lowest BCUT2D eigenvalue weighted by molar-refractivity contribution is 0.415. The molecular formula is C21H20N2O3. The molecule has 0 atom stereocenters. The van der Waals surface area contributed by atoms with Crippen molar-refractivity contribution in [3.63, 3.8) is 0 Å². The number of ether oxygens (including phenoxy) is 1. The van der Waals surface area contributed by atoms with Crippen molar-refractivity contribution in [1.29, 1.82) is 0 Å². The van der Waals surface area contributed by atoms with Crippen LogP contribution in [0.3, 0.4) is 0 Å². The summed E-state index contributed by atoms with van der Waals surface area (Å²) in [6.07, 6.45) is 3.43. The molecule has 5 nitrogen and oxygen atoms in total. The molecule has 0 spiro atoms. The van der Waals surface area contributed by atoms with Crippen LogP contribution in [0.15, 0.2) is 64.2 Å². The average molecular weight is 348 g/mol. The molecule has 3 rings (SSSR count). The Morgan fingerprint density at radius 2 is 1.19 bits per heavy atom. The molecule has 1 aromatic heterocycles. The highest BCUT2D eigenvalue weighted by Gasteiger charge is 2.05. The monoisotopic (exact) mass is 348 g/mol. The molecule has 5 heteroatoms. The summed E-state index contributed by atoms with van der Waals surface area (Å²) >= 11 is 0. The van der Waals surface area contributed by atoms with Crippen LogP contribution in [0.1, 0.15) is 11.1 Å². The maximum absolute atomic E-state index is 12.8. The Morgan fingerprint density at radius 3 is 1.65 bits per heavy atom. The van der Waals surface area contributed by atoms with Gasteiger partial charge in [-0.3, -0.25) is 9.59 Å². The van der Waals surface area contributed by atoms with Gasteiger partial charge >= 0.3 is 0 Å². The van der Waals surface area contributed by atoms with Crippen molar-refractivity contribution in [2.45, 2.75) is 0 Å². The van der Waals surface area contributed by atoms with E-state index in [1.165, 1.54) is 9.13 Å². The minimum atomic E-state index is -0.231. The van der Waals surface area contributed by atoms with E-state index in [2.05, 4.69) is 0 Å². The number of methoxy groups -OCH3 is 1. The Balaban J connectivity index is 2.24. The van der Waals surface area contributed by atoms with Crippen LogP contribution >= 0.6 is 0 Å². The van der Waals surface area contributed by atoms with Crippen molar-refractivity contribution in [1.82, 2.24) is 9.13 Å². The van der Waals surface area contributed by atoms with Gasteiger partial charge in [-0.1, -0.05) is 42.5 Å². The fourth-order valence-electron chi connectivity index (χ4n) is 2.73. The number of hydrogen-bond donors (Lipinski definition) is 0. The number of nitrogens with zero attached hydrogens (tertiary/aromatic N) is 2. The number of hydrogen-bond acceptors (Lipinski definition) is 3. The third kappa shape index (κ3) is 3.37. The van der Waals surface area contributed by atoms with E-state index in [0.29, 0.717) is 10.7 Å². The molecule has 0 aliphatic heterocycles. The molecule has 2 aromatic carbocycles. The van der Waals surface area contributed by atoms with Crippen molar-refractivity contribution >= 4 is 12.2 Å². The third-order valence-corrected chi connectivity index (χ3v) is 4.29. The molecule has 132 valence electrons. The highest BCUT2D eigenvalue weighted by atomic mass is 16.5. The van der Waals surface area contributed by atoms with Gasteiger partial charge in [0.05, 0.1) is 7.11 Å². The number of aromatic nitrogens is 2. The van der Waals surface area contributed by atoms with Crippen LogP contribution in [0.5, 0.6) is 5.75 Å². The molecule has 0 unspecified atom stereocenters. The second-order valence-corrected chi connectivity index (χ2v) is 5.97. The van der Waals surface area contributed by atoms with Gasteiger partial charge in [0, 0.05) is 14.1 Å². The largest absolute Gasteiger partial charge is 0.497 e. The maximum Gasteiger partial charge on any atom is 0.274 e. The van der Waals surface area contributed by atoms with Gasteiger partial charge < -0.3 is 13.9 Å². The average Bonchev–Trinajstić information content (AvgIpc) is 2.68. The summed E-state index contributed by atoms with van der Waals surface area (Å²) in [6.45, 7) is 0. The molecule has 3 aromatic rings. The van der Waals surface area contributed by atoms with E-state index >= 15 is 0 Å². The van der Waals surface area contributed by atoms with Gasteiger partial charge in [0.2, 0.25) is 0 Å². The van der Waals surface area contributed by atoms with Crippen molar-refractivity contribution in [2.24, 2.45) is 14.1 Å². The normalized spacial score (nSPS) is 12.4. The molecule has 0 radical (unpaired) electrons. The third-order valence-electron chi connectivity index (χ3n) is 4.29. The Kier molecular flexibility index (Phi) is 4.89. The van der Waals surface area contributed by atoms with Crippen molar-refractivity contribution in [2.75, 3.05) is 7.11 Å². The van der Waals surface area contributed by atoms with Crippen LogP contribution in [-0.4, -0.2) is 16.2 Å². The molecule has 1 heterocycles. The van der Waals surface area contributed by atoms with Crippen molar-refractivity contribution in [3.05, 3.63) is 97.1 Å². The van der Waals surface area contributed by atoms with Crippen LogP contribution in [0.2, 0.25) is 0 Å². The zero-order chi connectivity index (χ0) is 18.7. The second-order valence-electron chi connectivity index (χ2n) is 5.97. The van der Waals surface area contributed by atoms with Gasteiger partial charge in [-0.2, -0.15) is 0 Å². The van der Waals surface area contributed by atoms with Gasteiger partial charge in [-0.05, 0) is 35.4 Å². The number of benzene rings is 2. The van der Waals surface area contributed by atoms with E-state index in [9.17, 15) is 9.59 Å². The predicted octanol–water partition coefficient (Wildman–Crippen LogP) is 0.750. The highest BCUT2D eigenvalue weighted by Crippen LogP contribution is 2.11. The van der Waals surface area contributed by atoms with Crippen LogP contribution in [0, 0.1) is 0 Å². The van der Waals surface area contributed by atoms with E-state index in [4.69, 9.17) is 4.74 Å². The lowest BCUT2D eigenvalue weighted by Gasteiger charge is -2.05. The van der Waals surface area contributed by atoms with Crippen molar-refractivity contribution in [3.8, 4) is 5.75 Å². The quantitative estimate of drug-likeness (QED) is 0.702. The SMILES string of the molecule is COc1ccc(/C=c2/c(=O)n(C)/c(=C\c3ccccc3)c(=O)n2C)cc1. The Labute approximate surface area is 150 Å². The molecule has 0 N–H and O–H groups in total. The fraction of sp³-hybridized carbons (Fsp3) is 0.143. The molecule has 0 fully saturated rings. The summed E-state index contributed by atoms with van der Waals surface area (Å²) in [6, 6.07) is 16.8. The summed E-state index contributed by atoms with van der Waals surface area (Å²) in [4.78, 5) is 25.6. The van der Waals surface area contributed by atoms with Gasteiger partial charge in [-0.25, -0.2) is 0 Å². The van der Waals surface area contributed by atoms with E-state index < -0.39 is 0 Å². The first kappa shape index (κ1) is 17.5. The maximum atomic E-state index is 12.8. The summed E-state index contributed by atoms with van der Waals surface area (Å²) in [5, 5.41) is 0.670. The van der Waals surface area contributed by atoms with E-state index in [0.717, 1.165) is 16.9 Å².